The van der Waals surface area contributed by atoms with Gasteiger partial charge in [-0.2, -0.15) is 0 Å². The summed E-state index contributed by atoms with van der Waals surface area (Å²) < 4.78 is 0. The molecule has 1 aromatic rings. The molecule has 2 N–H and O–H groups in total. The second kappa shape index (κ2) is 2.74. The van der Waals surface area contributed by atoms with Crippen LogP contribution in [0.15, 0.2) is 24.3 Å². The van der Waals surface area contributed by atoms with Gasteiger partial charge in [-0.3, -0.25) is 0 Å². The minimum absolute atomic E-state index is 0.133. The first-order valence-electron chi connectivity index (χ1n) is 5.24. The van der Waals surface area contributed by atoms with E-state index in [4.69, 9.17) is 17.3 Å². The zero-order valence-electron chi connectivity index (χ0n) is 8.04. The highest BCUT2D eigenvalue weighted by Gasteiger charge is 2.59. The van der Waals surface area contributed by atoms with E-state index >= 15 is 0 Å². The number of hydrogen-bond acceptors (Lipinski definition) is 1. The summed E-state index contributed by atoms with van der Waals surface area (Å²) in [7, 11) is 0. The van der Waals surface area contributed by atoms with Crippen molar-refractivity contribution in [1.29, 1.82) is 0 Å². The summed E-state index contributed by atoms with van der Waals surface area (Å²) >= 11 is 5.85. The number of hydrogen-bond donors (Lipinski definition) is 1. The highest BCUT2D eigenvalue weighted by Crippen LogP contribution is 2.60. The maximum Gasteiger partial charge on any atom is 0.0406 e. The van der Waals surface area contributed by atoms with E-state index in [1.165, 1.54) is 24.8 Å². The lowest BCUT2D eigenvalue weighted by Crippen LogP contribution is -2.26. The van der Waals surface area contributed by atoms with E-state index in [9.17, 15) is 0 Å². The van der Waals surface area contributed by atoms with Gasteiger partial charge < -0.3 is 5.73 Å². The fraction of sp³-hybridized carbons (Fsp3) is 0.500. The standard InChI is InChI=1S/C12H14ClN/c13-10-5-1-8(2-6-10)11-7-12(11,14)9-3-4-9/h1-2,5-6,9,11H,3-4,7,14H2. The third-order valence-electron chi connectivity index (χ3n) is 3.66. The maximum absolute atomic E-state index is 6.33. The molecule has 0 aliphatic heterocycles. The molecule has 0 bridgehead atoms. The summed E-state index contributed by atoms with van der Waals surface area (Å²) in [6.45, 7) is 0. The van der Waals surface area contributed by atoms with Gasteiger partial charge in [0.15, 0.2) is 0 Å². The van der Waals surface area contributed by atoms with Gasteiger partial charge in [0.25, 0.3) is 0 Å². The minimum Gasteiger partial charge on any atom is -0.324 e. The van der Waals surface area contributed by atoms with E-state index < -0.39 is 0 Å². The first-order valence-corrected chi connectivity index (χ1v) is 5.62. The summed E-state index contributed by atoms with van der Waals surface area (Å²) in [6, 6.07) is 8.15. The Balaban J connectivity index is 1.82. The molecule has 74 valence electrons. The Hall–Kier alpha value is -0.530. The first-order chi connectivity index (χ1) is 6.70. The van der Waals surface area contributed by atoms with E-state index in [-0.39, 0.29) is 5.54 Å². The van der Waals surface area contributed by atoms with Crippen molar-refractivity contribution in [3.8, 4) is 0 Å². The fourth-order valence-corrected chi connectivity index (χ4v) is 2.62. The lowest BCUT2D eigenvalue weighted by Gasteiger charge is -2.09. The topological polar surface area (TPSA) is 26.0 Å². The molecular formula is C12H14ClN. The predicted molar refractivity (Wildman–Crippen MR) is 58.5 cm³/mol. The second-order valence-corrected chi connectivity index (χ2v) is 5.13. The van der Waals surface area contributed by atoms with E-state index in [0.717, 1.165) is 10.9 Å². The van der Waals surface area contributed by atoms with Crippen molar-refractivity contribution in [2.75, 3.05) is 0 Å². The van der Waals surface area contributed by atoms with Crippen LogP contribution in [0.3, 0.4) is 0 Å². The van der Waals surface area contributed by atoms with Gasteiger partial charge in [-0.25, -0.2) is 0 Å². The summed E-state index contributed by atoms with van der Waals surface area (Å²) in [5.41, 5.74) is 7.83. The molecule has 0 saturated heterocycles. The largest absolute Gasteiger partial charge is 0.324 e. The van der Waals surface area contributed by atoms with Crippen LogP contribution >= 0.6 is 11.6 Å². The van der Waals surface area contributed by atoms with E-state index in [1.54, 1.807) is 0 Å². The van der Waals surface area contributed by atoms with Crippen LogP contribution in [0, 0.1) is 5.92 Å². The molecule has 2 atom stereocenters. The first kappa shape index (κ1) is 8.75. The molecule has 2 unspecified atom stereocenters. The van der Waals surface area contributed by atoms with Gasteiger partial charge in [0, 0.05) is 16.5 Å². The molecule has 2 saturated carbocycles. The lowest BCUT2D eigenvalue weighted by atomic mass is 10.0. The average Bonchev–Trinajstić information content (AvgIpc) is 2.99. The van der Waals surface area contributed by atoms with Gasteiger partial charge in [0.1, 0.15) is 0 Å². The van der Waals surface area contributed by atoms with Crippen molar-refractivity contribution in [2.24, 2.45) is 11.7 Å². The van der Waals surface area contributed by atoms with Crippen molar-refractivity contribution >= 4 is 11.6 Å². The number of nitrogens with two attached hydrogens (primary N) is 1. The van der Waals surface area contributed by atoms with Crippen LogP contribution in [0.4, 0.5) is 0 Å². The second-order valence-electron chi connectivity index (χ2n) is 4.69. The summed E-state index contributed by atoms with van der Waals surface area (Å²) in [5, 5.41) is 0.809. The highest BCUT2D eigenvalue weighted by molar-refractivity contribution is 6.30. The molecule has 0 amide bonds. The van der Waals surface area contributed by atoms with Gasteiger partial charge in [0.05, 0.1) is 0 Å². The number of halogens is 1. The quantitative estimate of drug-likeness (QED) is 0.793. The monoisotopic (exact) mass is 207 g/mol. The summed E-state index contributed by atoms with van der Waals surface area (Å²) in [4.78, 5) is 0. The highest BCUT2D eigenvalue weighted by atomic mass is 35.5. The molecule has 0 spiro atoms. The van der Waals surface area contributed by atoms with Crippen molar-refractivity contribution in [3.05, 3.63) is 34.9 Å². The molecule has 14 heavy (non-hydrogen) atoms. The fourth-order valence-electron chi connectivity index (χ4n) is 2.49. The van der Waals surface area contributed by atoms with Gasteiger partial charge in [-0.1, -0.05) is 23.7 Å². The Kier molecular flexibility index (Phi) is 1.71. The van der Waals surface area contributed by atoms with Crippen LogP contribution in [0.25, 0.3) is 0 Å². The molecule has 1 aromatic carbocycles. The van der Waals surface area contributed by atoms with Crippen molar-refractivity contribution in [2.45, 2.75) is 30.7 Å². The third kappa shape index (κ3) is 1.27. The SMILES string of the molecule is NC1(C2CC2)CC1c1ccc(Cl)cc1. The van der Waals surface area contributed by atoms with Gasteiger partial charge >= 0.3 is 0 Å². The molecular weight excluding hydrogens is 194 g/mol. The number of rotatable bonds is 2. The Labute approximate surface area is 89.3 Å². The molecule has 2 fully saturated rings. The minimum atomic E-state index is 0.133. The van der Waals surface area contributed by atoms with Crippen LogP contribution in [-0.2, 0) is 0 Å². The molecule has 2 aliphatic carbocycles. The maximum atomic E-state index is 6.33. The summed E-state index contributed by atoms with van der Waals surface area (Å²) in [5.74, 6) is 1.38. The zero-order valence-corrected chi connectivity index (χ0v) is 8.80. The molecule has 0 aromatic heterocycles. The van der Waals surface area contributed by atoms with Crippen LogP contribution in [-0.4, -0.2) is 5.54 Å². The van der Waals surface area contributed by atoms with Crippen molar-refractivity contribution in [3.63, 3.8) is 0 Å². The van der Waals surface area contributed by atoms with Gasteiger partial charge in [0.2, 0.25) is 0 Å². The van der Waals surface area contributed by atoms with E-state index in [1.807, 2.05) is 12.1 Å². The zero-order chi connectivity index (χ0) is 9.76. The van der Waals surface area contributed by atoms with Crippen LogP contribution in [0.1, 0.15) is 30.7 Å². The Morgan fingerprint density at radius 2 is 1.86 bits per heavy atom. The van der Waals surface area contributed by atoms with Crippen LogP contribution < -0.4 is 5.73 Å². The predicted octanol–water partition coefficient (Wildman–Crippen LogP) is 2.93. The average molecular weight is 208 g/mol. The Morgan fingerprint density at radius 3 is 2.43 bits per heavy atom. The van der Waals surface area contributed by atoms with Crippen molar-refractivity contribution < 1.29 is 0 Å². The van der Waals surface area contributed by atoms with Crippen molar-refractivity contribution in [1.82, 2.24) is 0 Å². The van der Waals surface area contributed by atoms with E-state index in [0.29, 0.717) is 5.92 Å². The molecule has 0 radical (unpaired) electrons. The lowest BCUT2D eigenvalue weighted by molar-refractivity contribution is 0.567. The smallest absolute Gasteiger partial charge is 0.0406 e. The molecule has 2 heteroatoms. The molecule has 3 rings (SSSR count). The molecule has 1 nitrogen and oxygen atoms in total. The molecule has 0 heterocycles. The van der Waals surface area contributed by atoms with Crippen LogP contribution in [0.2, 0.25) is 5.02 Å². The normalized spacial score (nSPS) is 35.7. The van der Waals surface area contributed by atoms with Gasteiger partial charge in [-0.15, -0.1) is 0 Å². The Bertz CT molecular complexity index is 355. The summed E-state index contributed by atoms with van der Waals surface area (Å²) in [6.07, 6.45) is 3.83. The van der Waals surface area contributed by atoms with Gasteiger partial charge in [-0.05, 0) is 42.9 Å². The third-order valence-corrected chi connectivity index (χ3v) is 3.91. The molecule has 2 aliphatic rings. The van der Waals surface area contributed by atoms with E-state index in [2.05, 4.69) is 12.1 Å². The Morgan fingerprint density at radius 1 is 1.21 bits per heavy atom. The van der Waals surface area contributed by atoms with Crippen LogP contribution in [0.5, 0.6) is 0 Å². The number of benzene rings is 1.